The quantitative estimate of drug-likeness (QED) is 0.303. The highest BCUT2D eigenvalue weighted by atomic mass is 35.5. The van der Waals surface area contributed by atoms with Crippen LogP contribution in [0.2, 0.25) is 5.02 Å². The summed E-state index contributed by atoms with van der Waals surface area (Å²) in [6.45, 7) is 0. The average Bonchev–Trinajstić information content (AvgIpc) is 2.41. The monoisotopic (exact) mass is 266 g/mol. The lowest BCUT2D eigenvalue weighted by Gasteiger charge is -2.07. The minimum Gasteiger partial charge on any atom is -0.203 e. The third kappa shape index (κ3) is 1.47. The smallest absolute Gasteiger partial charge is 0.196 e. The van der Waals surface area contributed by atoms with E-state index >= 15 is 0 Å². The zero-order chi connectivity index (χ0) is 12.9. The van der Waals surface area contributed by atoms with E-state index in [1.807, 2.05) is 0 Å². The van der Waals surface area contributed by atoms with Gasteiger partial charge in [0.15, 0.2) is 17.5 Å². The first-order valence-corrected chi connectivity index (χ1v) is 5.62. The maximum Gasteiger partial charge on any atom is 0.196 e. The summed E-state index contributed by atoms with van der Waals surface area (Å²) < 4.78 is 40.4. The summed E-state index contributed by atoms with van der Waals surface area (Å²) in [6.07, 6.45) is 0. The molecule has 0 radical (unpaired) electrons. The molecule has 90 valence electrons. The molecule has 18 heavy (non-hydrogen) atoms. The number of benzene rings is 3. The second kappa shape index (κ2) is 3.89. The van der Waals surface area contributed by atoms with Crippen LogP contribution >= 0.6 is 11.6 Å². The van der Waals surface area contributed by atoms with Gasteiger partial charge in [0.1, 0.15) is 0 Å². The number of hydrogen-bond acceptors (Lipinski definition) is 0. The van der Waals surface area contributed by atoms with Crippen molar-refractivity contribution in [3.63, 3.8) is 0 Å². The summed E-state index contributed by atoms with van der Waals surface area (Å²) >= 11 is 5.72. The van der Waals surface area contributed by atoms with E-state index in [2.05, 4.69) is 0 Å². The van der Waals surface area contributed by atoms with Crippen molar-refractivity contribution in [2.24, 2.45) is 0 Å². The molecule has 0 bridgehead atoms. The Morgan fingerprint density at radius 2 is 1.28 bits per heavy atom. The minimum atomic E-state index is -1.54. The molecule has 3 aromatic rings. The average molecular weight is 267 g/mol. The van der Waals surface area contributed by atoms with Crippen molar-refractivity contribution in [1.29, 1.82) is 0 Å². The first kappa shape index (κ1) is 11.4. The zero-order valence-electron chi connectivity index (χ0n) is 8.98. The van der Waals surface area contributed by atoms with Gasteiger partial charge in [0.05, 0.1) is 5.02 Å². The molecule has 3 aromatic carbocycles. The van der Waals surface area contributed by atoms with Crippen molar-refractivity contribution in [2.75, 3.05) is 0 Å². The van der Waals surface area contributed by atoms with Crippen LogP contribution in [0.5, 0.6) is 0 Å². The molecule has 0 aliphatic rings. The van der Waals surface area contributed by atoms with Crippen LogP contribution in [0.3, 0.4) is 0 Å². The van der Waals surface area contributed by atoms with Gasteiger partial charge in [-0.2, -0.15) is 0 Å². The van der Waals surface area contributed by atoms with E-state index < -0.39 is 22.5 Å². The highest BCUT2D eigenvalue weighted by molar-refractivity contribution is 6.36. The Bertz CT molecular complexity index is 715. The second-order valence-electron chi connectivity index (χ2n) is 4.00. The van der Waals surface area contributed by atoms with Gasteiger partial charge in [0.2, 0.25) is 0 Å². The lowest BCUT2D eigenvalue weighted by molar-refractivity contribution is 0.454. The van der Waals surface area contributed by atoms with Crippen molar-refractivity contribution in [2.45, 2.75) is 0 Å². The zero-order valence-corrected chi connectivity index (χ0v) is 9.73. The summed E-state index contributed by atoms with van der Waals surface area (Å²) in [5.41, 5.74) is 0. The SMILES string of the molecule is Fc1c(F)c(Cl)c2cc3ccccc3cc2c1F. The topological polar surface area (TPSA) is 0 Å². The third-order valence-corrected chi connectivity index (χ3v) is 3.31. The fourth-order valence-electron chi connectivity index (χ4n) is 2.03. The van der Waals surface area contributed by atoms with E-state index in [1.165, 1.54) is 6.07 Å². The van der Waals surface area contributed by atoms with Crippen molar-refractivity contribution in [1.82, 2.24) is 0 Å². The molecule has 0 spiro atoms. The van der Waals surface area contributed by atoms with E-state index in [4.69, 9.17) is 11.6 Å². The maximum atomic E-state index is 13.7. The Balaban J connectivity index is 2.58. The fourth-order valence-corrected chi connectivity index (χ4v) is 2.27. The van der Waals surface area contributed by atoms with Gasteiger partial charge in [-0.3, -0.25) is 0 Å². The van der Waals surface area contributed by atoms with Gasteiger partial charge in [-0.1, -0.05) is 35.9 Å². The molecule has 0 nitrogen and oxygen atoms in total. The predicted octanol–water partition coefficient (Wildman–Crippen LogP) is 5.06. The molecule has 0 saturated carbocycles. The summed E-state index contributed by atoms with van der Waals surface area (Å²) in [4.78, 5) is 0. The van der Waals surface area contributed by atoms with Crippen molar-refractivity contribution >= 4 is 33.1 Å². The van der Waals surface area contributed by atoms with Crippen LogP contribution in [0.15, 0.2) is 36.4 Å². The molecule has 0 unspecified atom stereocenters. The van der Waals surface area contributed by atoms with Crippen LogP contribution in [-0.4, -0.2) is 0 Å². The molecule has 0 aromatic heterocycles. The van der Waals surface area contributed by atoms with Crippen LogP contribution in [0, 0.1) is 17.5 Å². The second-order valence-corrected chi connectivity index (χ2v) is 4.38. The Hall–Kier alpha value is -1.74. The molecule has 0 aliphatic heterocycles. The Morgan fingerprint density at radius 1 is 0.722 bits per heavy atom. The fraction of sp³-hybridized carbons (Fsp3) is 0. The third-order valence-electron chi connectivity index (χ3n) is 2.94. The van der Waals surface area contributed by atoms with Gasteiger partial charge in [0.25, 0.3) is 0 Å². The van der Waals surface area contributed by atoms with Crippen LogP contribution in [0.1, 0.15) is 0 Å². The molecule has 3 rings (SSSR count). The summed E-state index contributed by atoms with van der Waals surface area (Å²) in [5, 5.41) is 1.29. The van der Waals surface area contributed by atoms with E-state index in [0.717, 1.165) is 10.8 Å². The molecule has 4 heteroatoms. The van der Waals surface area contributed by atoms with Crippen LogP contribution in [-0.2, 0) is 0 Å². The van der Waals surface area contributed by atoms with Crippen LogP contribution in [0.4, 0.5) is 13.2 Å². The lowest BCUT2D eigenvalue weighted by atomic mass is 10.0. The van der Waals surface area contributed by atoms with E-state index in [0.29, 0.717) is 0 Å². The Kier molecular flexibility index (Phi) is 2.45. The predicted molar refractivity (Wildman–Crippen MR) is 66.3 cm³/mol. The van der Waals surface area contributed by atoms with E-state index in [1.54, 1.807) is 30.3 Å². The van der Waals surface area contributed by atoms with Gasteiger partial charge < -0.3 is 0 Å². The highest BCUT2D eigenvalue weighted by Gasteiger charge is 2.19. The van der Waals surface area contributed by atoms with Gasteiger partial charge in [-0.05, 0) is 22.9 Å². The Labute approximate surface area is 106 Å². The van der Waals surface area contributed by atoms with Gasteiger partial charge in [-0.15, -0.1) is 0 Å². The van der Waals surface area contributed by atoms with E-state index in [-0.39, 0.29) is 10.8 Å². The molecular weight excluding hydrogens is 261 g/mol. The standard InChI is InChI=1S/C14H6ClF3/c15-11-9-5-7-3-1-2-4-8(7)6-10(9)12(16)14(18)13(11)17/h1-6H. The molecule has 0 fully saturated rings. The number of rotatable bonds is 0. The van der Waals surface area contributed by atoms with Crippen molar-refractivity contribution in [3.8, 4) is 0 Å². The molecule has 0 atom stereocenters. The molecule has 0 N–H and O–H groups in total. The van der Waals surface area contributed by atoms with Gasteiger partial charge in [0, 0.05) is 10.8 Å². The highest BCUT2D eigenvalue weighted by Crippen LogP contribution is 2.34. The first-order chi connectivity index (χ1) is 8.59. The lowest BCUT2D eigenvalue weighted by Crippen LogP contribution is -1.94. The number of fused-ring (bicyclic) bond motifs is 2. The summed E-state index contributed by atoms with van der Waals surface area (Å²) in [7, 11) is 0. The van der Waals surface area contributed by atoms with Gasteiger partial charge >= 0.3 is 0 Å². The number of halogens is 4. The van der Waals surface area contributed by atoms with Crippen LogP contribution in [0.25, 0.3) is 21.5 Å². The van der Waals surface area contributed by atoms with E-state index in [9.17, 15) is 13.2 Å². The largest absolute Gasteiger partial charge is 0.203 e. The van der Waals surface area contributed by atoms with Crippen molar-refractivity contribution < 1.29 is 13.2 Å². The molecular formula is C14H6ClF3. The number of hydrogen-bond donors (Lipinski definition) is 0. The van der Waals surface area contributed by atoms with Gasteiger partial charge in [-0.25, -0.2) is 13.2 Å². The maximum absolute atomic E-state index is 13.7. The minimum absolute atomic E-state index is 0.0161. The normalized spacial score (nSPS) is 11.3. The Morgan fingerprint density at radius 3 is 1.89 bits per heavy atom. The van der Waals surface area contributed by atoms with Crippen LogP contribution < -0.4 is 0 Å². The molecule has 0 amide bonds. The molecule has 0 aliphatic carbocycles. The molecule has 0 saturated heterocycles. The summed E-state index contributed by atoms with van der Waals surface area (Å²) in [5.74, 6) is -4.10. The van der Waals surface area contributed by atoms with Crippen molar-refractivity contribution in [3.05, 3.63) is 58.9 Å². The first-order valence-electron chi connectivity index (χ1n) is 5.24. The molecule has 0 heterocycles. The summed E-state index contributed by atoms with van der Waals surface area (Å²) in [6, 6.07) is 10.2.